The Morgan fingerprint density at radius 1 is 0.841 bits per heavy atom. The van der Waals surface area contributed by atoms with Crippen LogP contribution in [0.2, 0.25) is 0 Å². The van der Waals surface area contributed by atoms with Crippen LogP contribution in [0, 0.1) is 6.92 Å². The second-order valence-electron chi connectivity index (χ2n) is 11.3. The van der Waals surface area contributed by atoms with E-state index in [1.807, 2.05) is 106 Å². The molecule has 4 rings (SSSR count). The van der Waals surface area contributed by atoms with Gasteiger partial charge < -0.3 is 25.4 Å². The summed E-state index contributed by atoms with van der Waals surface area (Å²) in [4.78, 5) is 28.8. The number of aliphatic hydroxyl groups excluding tert-OH is 1. The Morgan fingerprint density at radius 2 is 1.48 bits per heavy atom. The minimum Gasteiger partial charge on any atom is -0.497 e. The van der Waals surface area contributed by atoms with E-state index in [0.717, 1.165) is 28.0 Å². The molecular formula is C37H43N3O4. The van der Waals surface area contributed by atoms with Gasteiger partial charge >= 0.3 is 0 Å². The molecule has 7 heteroatoms. The van der Waals surface area contributed by atoms with E-state index in [1.54, 1.807) is 37.3 Å². The molecule has 0 heterocycles. The van der Waals surface area contributed by atoms with Gasteiger partial charge in [-0.3, -0.25) is 9.59 Å². The second-order valence-corrected chi connectivity index (χ2v) is 11.3. The number of rotatable bonds is 13. The van der Waals surface area contributed by atoms with E-state index in [2.05, 4.69) is 10.6 Å². The van der Waals surface area contributed by atoms with E-state index in [1.165, 1.54) is 0 Å². The first-order chi connectivity index (χ1) is 21.2. The Hall–Kier alpha value is -4.46. The van der Waals surface area contributed by atoms with Gasteiger partial charge in [-0.2, -0.15) is 0 Å². The fourth-order valence-electron chi connectivity index (χ4n) is 5.24. The second kappa shape index (κ2) is 15.3. The van der Waals surface area contributed by atoms with E-state index in [9.17, 15) is 14.7 Å². The van der Waals surface area contributed by atoms with Crippen LogP contribution in [0.5, 0.6) is 5.75 Å². The number of aryl methyl sites for hydroxylation is 1. The highest BCUT2D eigenvalue weighted by molar-refractivity contribution is 6.00. The third kappa shape index (κ3) is 8.56. The van der Waals surface area contributed by atoms with Crippen LogP contribution in [0.3, 0.4) is 0 Å². The number of nitrogens with one attached hydrogen (secondary N) is 2. The van der Waals surface area contributed by atoms with Gasteiger partial charge in [0.15, 0.2) is 0 Å². The summed E-state index contributed by atoms with van der Waals surface area (Å²) < 4.78 is 5.35. The van der Waals surface area contributed by atoms with Crippen LogP contribution in [-0.4, -0.2) is 54.7 Å². The van der Waals surface area contributed by atoms with E-state index < -0.39 is 12.1 Å². The lowest BCUT2D eigenvalue weighted by molar-refractivity contribution is 0.0742. The number of ether oxygens (including phenoxy) is 1. The summed E-state index contributed by atoms with van der Waals surface area (Å²) in [7, 11) is 3.41. The first-order valence-electron chi connectivity index (χ1n) is 15.0. The molecule has 44 heavy (non-hydrogen) atoms. The Morgan fingerprint density at radius 3 is 2.16 bits per heavy atom. The quantitative estimate of drug-likeness (QED) is 0.180. The Kier molecular flexibility index (Phi) is 11.3. The number of nitrogens with zero attached hydrogens (tertiary/aromatic N) is 1. The number of hydrogen-bond acceptors (Lipinski definition) is 5. The van der Waals surface area contributed by atoms with Crippen molar-refractivity contribution < 1.29 is 19.4 Å². The predicted octanol–water partition coefficient (Wildman–Crippen LogP) is 5.89. The molecule has 3 N–H and O–H groups in total. The number of carbonyl (C=O) groups excluding carboxylic acids is 2. The smallest absolute Gasteiger partial charge is 0.254 e. The molecule has 0 fully saturated rings. The van der Waals surface area contributed by atoms with Crippen LogP contribution >= 0.6 is 0 Å². The number of methoxy groups -OCH3 is 1. The number of carbonyl (C=O) groups is 2. The maximum atomic E-state index is 13.7. The molecule has 4 atom stereocenters. The summed E-state index contributed by atoms with van der Waals surface area (Å²) in [6.45, 7) is 6.13. The topological polar surface area (TPSA) is 90.9 Å². The zero-order valence-electron chi connectivity index (χ0n) is 26.2. The van der Waals surface area contributed by atoms with E-state index in [4.69, 9.17) is 4.74 Å². The average molecular weight is 594 g/mol. The Balaban J connectivity index is 1.50. The number of aliphatic hydroxyl groups is 1. The highest BCUT2D eigenvalue weighted by Crippen LogP contribution is 2.22. The molecule has 0 aliphatic rings. The van der Waals surface area contributed by atoms with Crippen molar-refractivity contribution in [3.05, 3.63) is 137 Å². The SMILES string of the molecule is COc1cccc([C@@H](C)NC[C@@H](O)[C@H](Cc2ccccc2)NC(=O)c2cc(C)cc(C(=O)N(C)[C@@H](C)c3ccccc3)c2)c1. The predicted molar refractivity (Wildman–Crippen MR) is 175 cm³/mol. The van der Waals surface area contributed by atoms with Crippen LogP contribution in [0.15, 0.2) is 103 Å². The third-order valence-electron chi connectivity index (χ3n) is 8.08. The summed E-state index contributed by atoms with van der Waals surface area (Å²) in [5.41, 5.74) is 4.67. The molecule has 7 nitrogen and oxygen atoms in total. The van der Waals surface area contributed by atoms with Gasteiger partial charge in [-0.1, -0.05) is 72.8 Å². The molecule has 0 spiro atoms. The van der Waals surface area contributed by atoms with E-state index >= 15 is 0 Å². The monoisotopic (exact) mass is 593 g/mol. The van der Waals surface area contributed by atoms with Crippen molar-refractivity contribution in [3.8, 4) is 5.75 Å². The molecule has 4 aromatic carbocycles. The van der Waals surface area contributed by atoms with Crippen molar-refractivity contribution in [2.45, 2.75) is 51.4 Å². The summed E-state index contributed by atoms with van der Waals surface area (Å²) in [6, 6.07) is 31.8. The standard InChI is InChI=1S/C37H43N3O4/c1-25-19-31(22-32(20-25)37(43)40(4)27(3)29-15-10-7-11-16-29)36(42)39-34(21-28-13-8-6-9-14-28)35(41)24-38-26(2)30-17-12-18-33(23-30)44-5/h6-20,22-23,26-27,34-35,38,41H,21,24H2,1-5H3,(H,39,42)/t26-,27+,34+,35-/m1/s1. The van der Waals surface area contributed by atoms with Gasteiger partial charge in [0, 0.05) is 30.8 Å². The van der Waals surface area contributed by atoms with Crippen LogP contribution in [0.1, 0.15) is 68.9 Å². The van der Waals surface area contributed by atoms with Crippen molar-refractivity contribution in [2.75, 3.05) is 20.7 Å². The van der Waals surface area contributed by atoms with Gasteiger partial charge in [0.25, 0.3) is 11.8 Å². The molecule has 0 unspecified atom stereocenters. The van der Waals surface area contributed by atoms with Crippen LogP contribution in [0.25, 0.3) is 0 Å². The molecule has 0 aliphatic heterocycles. The minimum atomic E-state index is -0.879. The zero-order chi connectivity index (χ0) is 31.6. The molecule has 0 bridgehead atoms. The van der Waals surface area contributed by atoms with Gasteiger partial charge in [0.05, 0.1) is 25.3 Å². The van der Waals surface area contributed by atoms with E-state index in [0.29, 0.717) is 17.5 Å². The molecule has 0 radical (unpaired) electrons. The van der Waals surface area contributed by atoms with Crippen LogP contribution in [0.4, 0.5) is 0 Å². The Bertz CT molecular complexity index is 1530. The van der Waals surface area contributed by atoms with Crippen molar-refractivity contribution in [2.24, 2.45) is 0 Å². The fraction of sp³-hybridized carbons (Fsp3) is 0.297. The van der Waals surface area contributed by atoms with Gasteiger partial charge in [-0.05, 0) is 79.8 Å². The lowest BCUT2D eigenvalue weighted by Gasteiger charge is -2.27. The van der Waals surface area contributed by atoms with Gasteiger partial charge in [-0.15, -0.1) is 0 Å². The lowest BCUT2D eigenvalue weighted by Crippen LogP contribution is -2.49. The van der Waals surface area contributed by atoms with Gasteiger partial charge in [0.1, 0.15) is 5.75 Å². The average Bonchev–Trinajstić information content (AvgIpc) is 3.06. The normalized spacial score (nSPS) is 13.8. The maximum absolute atomic E-state index is 13.7. The molecule has 0 aliphatic carbocycles. The fourth-order valence-corrected chi connectivity index (χ4v) is 5.24. The highest BCUT2D eigenvalue weighted by atomic mass is 16.5. The van der Waals surface area contributed by atoms with Crippen LogP contribution < -0.4 is 15.4 Å². The molecule has 0 saturated heterocycles. The Labute approximate surface area is 260 Å². The highest BCUT2D eigenvalue weighted by Gasteiger charge is 2.25. The summed E-state index contributed by atoms with van der Waals surface area (Å²) in [5.74, 6) is 0.251. The molecule has 0 aromatic heterocycles. The maximum Gasteiger partial charge on any atom is 0.254 e. The van der Waals surface area contributed by atoms with Gasteiger partial charge in [-0.25, -0.2) is 0 Å². The molecule has 4 aromatic rings. The lowest BCUT2D eigenvalue weighted by atomic mass is 9.99. The van der Waals surface area contributed by atoms with E-state index in [-0.39, 0.29) is 30.4 Å². The first kappa shape index (κ1) is 32.5. The first-order valence-corrected chi connectivity index (χ1v) is 15.0. The summed E-state index contributed by atoms with van der Waals surface area (Å²) in [5, 5.41) is 17.8. The van der Waals surface area contributed by atoms with Crippen molar-refractivity contribution in [1.82, 2.24) is 15.5 Å². The molecule has 230 valence electrons. The molecule has 2 amide bonds. The van der Waals surface area contributed by atoms with Crippen molar-refractivity contribution >= 4 is 11.8 Å². The van der Waals surface area contributed by atoms with Crippen molar-refractivity contribution in [3.63, 3.8) is 0 Å². The molecular weight excluding hydrogens is 550 g/mol. The number of benzene rings is 4. The zero-order valence-corrected chi connectivity index (χ0v) is 26.2. The van der Waals surface area contributed by atoms with Gasteiger partial charge in [0.2, 0.25) is 0 Å². The summed E-state index contributed by atoms with van der Waals surface area (Å²) in [6.07, 6.45) is -0.436. The third-order valence-corrected chi connectivity index (χ3v) is 8.08. The molecule has 0 saturated carbocycles. The summed E-state index contributed by atoms with van der Waals surface area (Å²) >= 11 is 0. The number of hydrogen-bond donors (Lipinski definition) is 3. The largest absolute Gasteiger partial charge is 0.497 e. The minimum absolute atomic E-state index is 0.0477. The number of amides is 2. The van der Waals surface area contributed by atoms with Crippen LogP contribution in [-0.2, 0) is 6.42 Å². The van der Waals surface area contributed by atoms with Crippen molar-refractivity contribution in [1.29, 1.82) is 0 Å².